The van der Waals surface area contributed by atoms with Crippen LogP contribution in [-0.2, 0) is 6.54 Å². The molecule has 80 valence electrons. The second-order valence-electron chi connectivity index (χ2n) is 3.34. The van der Waals surface area contributed by atoms with Crippen LogP contribution in [0.15, 0.2) is 17.3 Å². The first-order valence-corrected chi connectivity index (χ1v) is 6.03. The molecule has 0 saturated carbocycles. The van der Waals surface area contributed by atoms with Crippen LogP contribution < -0.4 is 5.32 Å². The monoisotopic (exact) mass is 222 g/mol. The van der Waals surface area contributed by atoms with Gasteiger partial charge in [0.05, 0.1) is 12.2 Å². The highest BCUT2D eigenvalue weighted by molar-refractivity contribution is 8.13. The van der Waals surface area contributed by atoms with Gasteiger partial charge < -0.3 is 5.32 Å². The van der Waals surface area contributed by atoms with Crippen LogP contribution in [0.4, 0.5) is 0 Å². The smallest absolute Gasteiger partial charge is 0.156 e. The van der Waals surface area contributed by atoms with Crippen LogP contribution in [0.3, 0.4) is 0 Å². The number of aryl methyl sites for hydroxylation is 1. The van der Waals surface area contributed by atoms with Crippen molar-refractivity contribution in [2.75, 3.05) is 12.3 Å². The lowest BCUT2D eigenvalue weighted by Gasteiger charge is -2.12. The van der Waals surface area contributed by atoms with Gasteiger partial charge in [-0.1, -0.05) is 11.8 Å². The van der Waals surface area contributed by atoms with Crippen LogP contribution in [0.2, 0.25) is 0 Å². The third kappa shape index (κ3) is 3.20. The molecule has 0 atom stereocenters. The van der Waals surface area contributed by atoms with Crippen molar-refractivity contribution in [2.24, 2.45) is 4.99 Å². The molecule has 1 N–H and O–H groups in total. The van der Waals surface area contributed by atoms with Crippen LogP contribution in [0, 0.1) is 6.92 Å². The molecule has 0 radical (unpaired) electrons. The number of rotatable bonds is 2. The molecule has 5 heteroatoms. The topological polar surface area (TPSA) is 50.2 Å². The Labute approximate surface area is 93.6 Å². The highest BCUT2D eigenvalue weighted by Gasteiger charge is 2.05. The summed E-state index contributed by atoms with van der Waals surface area (Å²) in [4.78, 5) is 12.8. The van der Waals surface area contributed by atoms with Gasteiger partial charge in [0, 0.05) is 18.5 Å². The van der Waals surface area contributed by atoms with E-state index < -0.39 is 0 Å². The van der Waals surface area contributed by atoms with Gasteiger partial charge in [-0.3, -0.25) is 4.99 Å². The first-order valence-electron chi connectivity index (χ1n) is 5.04. The van der Waals surface area contributed by atoms with Gasteiger partial charge >= 0.3 is 0 Å². The highest BCUT2D eigenvalue weighted by Crippen LogP contribution is 2.10. The molecule has 1 aromatic heterocycles. The van der Waals surface area contributed by atoms with E-state index in [0.717, 1.165) is 35.5 Å². The lowest BCUT2D eigenvalue weighted by atomic mass is 10.4. The Morgan fingerprint density at radius 1 is 1.53 bits per heavy atom. The van der Waals surface area contributed by atoms with Crippen molar-refractivity contribution in [3.63, 3.8) is 0 Å². The number of hydrogen-bond donors (Lipinski definition) is 1. The fourth-order valence-electron chi connectivity index (χ4n) is 1.34. The van der Waals surface area contributed by atoms with E-state index in [-0.39, 0.29) is 0 Å². The van der Waals surface area contributed by atoms with Crippen molar-refractivity contribution >= 4 is 16.9 Å². The van der Waals surface area contributed by atoms with Crippen LogP contribution in [-0.4, -0.2) is 27.4 Å². The Morgan fingerprint density at radius 2 is 2.47 bits per heavy atom. The van der Waals surface area contributed by atoms with E-state index in [9.17, 15) is 0 Å². The lowest BCUT2D eigenvalue weighted by Crippen LogP contribution is -2.23. The van der Waals surface area contributed by atoms with Crippen LogP contribution >= 0.6 is 11.8 Å². The number of hydrogen-bond acceptors (Lipinski definition) is 5. The fourth-order valence-corrected chi connectivity index (χ4v) is 2.16. The van der Waals surface area contributed by atoms with Gasteiger partial charge in [0.2, 0.25) is 0 Å². The Balaban J connectivity index is 1.90. The SMILES string of the molecule is Cc1nccc(CNC2=NCCCS2)n1. The quantitative estimate of drug-likeness (QED) is 0.821. The number of amidine groups is 1. The Kier molecular flexibility index (Phi) is 3.55. The van der Waals surface area contributed by atoms with Crippen molar-refractivity contribution in [1.82, 2.24) is 15.3 Å². The van der Waals surface area contributed by atoms with Gasteiger partial charge in [0.1, 0.15) is 5.82 Å². The minimum absolute atomic E-state index is 0.731. The average molecular weight is 222 g/mol. The van der Waals surface area contributed by atoms with Gasteiger partial charge in [-0.05, 0) is 19.4 Å². The number of thioether (sulfide) groups is 1. The predicted molar refractivity (Wildman–Crippen MR) is 63.0 cm³/mol. The number of aliphatic imine (C=N–C) groups is 1. The minimum Gasteiger partial charge on any atom is -0.359 e. The van der Waals surface area contributed by atoms with Crippen molar-refractivity contribution < 1.29 is 0 Å². The van der Waals surface area contributed by atoms with Crippen molar-refractivity contribution in [2.45, 2.75) is 19.9 Å². The maximum absolute atomic E-state index is 4.39. The summed E-state index contributed by atoms with van der Waals surface area (Å²) in [6.07, 6.45) is 2.97. The molecule has 2 heterocycles. The lowest BCUT2D eigenvalue weighted by molar-refractivity contribution is 0.839. The minimum atomic E-state index is 0.731. The predicted octanol–water partition coefficient (Wildman–Crippen LogP) is 1.37. The van der Waals surface area contributed by atoms with Gasteiger partial charge in [-0.25, -0.2) is 9.97 Å². The number of nitrogens with zero attached hydrogens (tertiary/aromatic N) is 3. The van der Waals surface area contributed by atoms with Gasteiger partial charge in [-0.2, -0.15) is 0 Å². The summed E-state index contributed by atoms with van der Waals surface area (Å²) in [5, 5.41) is 4.33. The fraction of sp³-hybridized carbons (Fsp3) is 0.500. The van der Waals surface area contributed by atoms with E-state index >= 15 is 0 Å². The highest BCUT2D eigenvalue weighted by atomic mass is 32.2. The second-order valence-corrected chi connectivity index (χ2v) is 4.42. The molecular weight excluding hydrogens is 208 g/mol. The first-order chi connectivity index (χ1) is 7.34. The van der Waals surface area contributed by atoms with Crippen LogP contribution in [0.5, 0.6) is 0 Å². The van der Waals surface area contributed by atoms with E-state index in [1.807, 2.05) is 13.0 Å². The molecule has 0 saturated heterocycles. The third-order valence-electron chi connectivity index (χ3n) is 2.05. The van der Waals surface area contributed by atoms with Crippen LogP contribution in [0.1, 0.15) is 17.9 Å². The molecule has 0 amide bonds. The average Bonchev–Trinajstić information content (AvgIpc) is 2.28. The Hall–Kier alpha value is -1.10. The Morgan fingerprint density at radius 3 is 3.20 bits per heavy atom. The van der Waals surface area contributed by atoms with Crippen molar-refractivity contribution in [3.8, 4) is 0 Å². The number of nitrogens with one attached hydrogen (secondary N) is 1. The normalized spacial score (nSPS) is 15.9. The van der Waals surface area contributed by atoms with E-state index in [2.05, 4.69) is 20.3 Å². The second kappa shape index (κ2) is 5.11. The maximum atomic E-state index is 4.39. The summed E-state index contributed by atoms with van der Waals surface area (Å²) >= 11 is 1.78. The molecule has 4 nitrogen and oxygen atoms in total. The van der Waals surface area contributed by atoms with Gasteiger partial charge in [-0.15, -0.1) is 0 Å². The standard InChI is InChI=1S/C10H14N4S/c1-8-11-5-3-9(14-8)7-13-10-12-4-2-6-15-10/h3,5H,2,4,6-7H2,1H3,(H,12,13). The van der Waals surface area contributed by atoms with E-state index in [1.165, 1.54) is 6.42 Å². The molecule has 0 aromatic carbocycles. The molecule has 0 unspecified atom stereocenters. The molecule has 2 rings (SSSR count). The summed E-state index contributed by atoms with van der Waals surface area (Å²) in [5.41, 5.74) is 1.01. The zero-order chi connectivity index (χ0) is 10.5. The molecule has 0 aliphatic carbocycles. The van der Waals surface area contributed by atoms with Gasteiger partial charge in [0.25, 0.3) is 0 Å². The summed E-state index contributed by atoms with van der Waals surface area (Å²) in [6.45, 7) is 3.57. The van der Waals surface area contributed by atoms with E-state index in [0.29, 0.717) is 0 Å². The molecule has 15 heavy (non-hydrogen) atoms. The molecule has 0 fully saturated rings. The molecule has 0 bridgehead atoms. The Bertz CT molecular complexity index is 364. The molecular formula is C10H14N4S. The van der Waals surface area contributed by atoms with Crippen LogP contribution in [0.25, 0.3) is 0 Å². The zero-order valence-corrected chi connectivity index (χ0v) is 9.55. The number of aromatic nitrogens is 2. The van der Waals surface area contributed by atoms with E-state index in [1.54, 1.807) is 18.0 Å². The van der Waals surface area contributed by atoms with Crippen molar-refractivity contribution in [1.29, 1.82) is 0 Å². The van der Waals surface area contributed by atoms with E-state index in [4.69, 9.17) is 0 Å². The molecule has 1 aromatic rings. The maximum Gasteiger partial charge on any atom is 0.156 e. The van der Waals surface area contributed by atoms with Crippen molar-refractivity contribution in [3.05, 3.63) is 23.8 Å². The summed E-state index contributed by atoms with van der Waals surface area (Å²) in [7, 11) is 0. The summed E-state index contributed by atoms with van der Waals surface area (Å²) in [6, 6.07) is 1.92. The largest absolute Gasteiger partial charge is 0.359 e. The summed E-state index contributed by atoms with van der Waals surface area (Å²) in [5.74, 6) is 1.97. The first kappa shape index (κ1) is 10.4. The third-order valence-corrected chi connectivity index (χ3v) is 3.09. The molecule has 0 spiro atoms. The molecule has 1 aliphatic rings. The summed E-state index contributed by atoms with van der Waals surface area (Å²) < 4.78 is 0. The molecule has 1 aliphatic heterocycles. The van der Waals surface area contributed by atoms with Gasteiger partial charge in [0.15, 0.2) is 5.17 Å². The zero-order valence-electron chi connectivity index (χ0n) is 8.73.